The topological polar surface area (TPSA) is 75.0 Å². The molecule has 25 heavy (non-hydrogen) atoms. The first kappa shape index (κ1) is 17.0. The molecule has 0 aliphatic carbocycles. The maximum absolute atomic E-state index is 12.4. The normalized spacial score (nSPS) is 15.0. The first-order valence-electron chi connectivity index (χ1n) is 8.15. The molecule has 7 nitrogen and oxygen atoms in total. The van der Waals surface area contributed by atoms with Crippen LogP contribution in [0.25, 0.3) is 0 Å². The van der Waals surface area contributed by atoms with E-state index >= 15 is 0 Å². The van der Waals surface area contributed by atoms with Gasteiger partial charge in [0.1, 0.15) is 5.76 Å². The van der Waals surface area contributed by atoms with Crippen molar-refractivity contribution < 1.29 is 18.7 Å². The molecular formula is C18H21N3O4. The third-order valence-electron chi connectivity index (χ3n) is 4.18. The Labute approximate surface area is 146 Å². The van der Waals surface area contributed by atoms with Crippen LogP contribution in [0.2, 0.25) is 0 Å². The minimum Gasteiger partial charge on any atom is -0.468 e. The summed E-state index contributed by atoms with van der Waals surface area (Å²) in [5, 5.41) is 2.85. The number of amides is 2. The molecule has 1 aliphatic rings. The maximum atomic E-state index is 12.4. The fourth-order valence-corrected chi connectivity index (χ4v) is 2.74. The molecule has 1 aromatic carbocycles. The highest BCUT2D eigenvalue weighted by atomic mass is 16.5. The van der Waals surface area contributed by atoms with E-state index in [1.807, 2.05) is 12.1 Å². The van der Waals surface area contributed by atoms with Gasteiger partial charge in [0.05, 0.1) is 25.5 Å². The lowest BCUT2D eigenvalue weighted by Crippen LogP contribution is -2.49. The minimum atomic E-state index is -0.398. The predicted molar refractivity (Wildman–Crippen MR) is 92.4 cm³/mol. The highest BCUT2D eigenvalue weighted by Crippen LogP contribution is 2.13. The van der Waals surface area contributed by atoms with Crippen molar-refractivity contribution in [3.63, 3.8) is 0 Å². The van der Waals surface area contributed by atoms with E-state index in [1.54, 1.807) is 35.4 Å². The number of carbonyl (C=O) groups is 2. The number of methoxy groups -OCH3 is 1. The Morgan fingerprint density at radius 1 is 1.12 bits per heavy atom. The van der Waals surface area contributed by atoms with Crippen LogP contribution in [0.1, 0.15) is 16.1 Å². The fraction of sp³-hybridized carbons (Fsp3) is 0.333. The quantitative estimate of drug-likeness (QED) is 0.863. The van der Waals surface area contributed by atoms with Gasteiger partial charge in [0.2, 0.25) is 0 Å². The van der Waals surface area contributed by atoms with Crippen molar-refractivity contribution in [1.29, 1.82) is 0 Å². The number of anilines is 1. The summed E-state index contributed by atoms with van der Waals surface area (Å²) >= 11 is 0. The van der Waals surface area contributed by atoms with Crippen molar-refractivity contribution in [2.75, 3.05) is 38.6 Å². The van der Waals surface area contributed by atoms with Crippen LogP contribution in [0.5, 0.6) is 0 Å². The van der Waals surface area contributed by atoms with Gasteiger partial charge in [-0.2, -0.15) is 0 Å². The summed E-state index contributed by atoms with van der Waals surface area (Å²) in [6.07, 6.45) is 1.67. The third kappa shape index (κ3) is 4.39. The molecule has 1 aromatic heterocycles. The van der Waals surface area contributed by atoms with E-state index in [9.17, 15) is 9.59 Å². The average Bonchev–Trinajstić information content (AvgIpc) is 3.15. The summed E-state index contributed by atoms with van der Waals surface area (Å²) in [5.41, 5.74) is 1.10. The molecule has 2 amide bonds. The number of carbonyl (C=O) groups excluding carboxylic acids is 2. The number of rotatable bonds is 4. The molecule has 3 rings (SSSR count). The Hall–Kier alpha value is -2.80. The molecule has 132 valence electrons. The van der Waals surface area contributed by atoms with Gasteiger partial charge in [-0.15, -0.1) is 0 Å². The first-order chi connectivity index (χ1) is 12.2. The minimum absolute atomic E-state index is 0.136. The molecule has 7 heteroatoms. The van der Waals surface area contributed by atoms with E-state index in [2.05, 4.69) is 15.0 Å². The van der Waals surface area contributed by atoms with Gasteiger partial charge < -0.3 is 19.4 Å². The zero-order chi connectivity index (χ0) is 17.6. The fourth-order valence-electron chi connectivity index (χ4n) is 2.74. The second kappa shape index (κ2) is 7.85. The van der Waals surface area contributed by atoms with E-state index in [0.717, 1.165) is 25.4 Å². The highest BCUT2D eigenvalue weighted by Gasteiger charge is 2.21. The molecule has 0 bridgehead atoms. The molecule has 1 fully saturated rings. The van der Waals surface area contributed by atoms with Crippen molar-refractivity contribution >= 4 is 17.7 Å². The molecular weight excluding hydrogens is 322 g/mol. The van der Waals surface area contributed by atoms with Crippen LogP contribution in [0, 0.1) is 0 Å². The zero-order valence-electron chi connectivity index (χ0n) is 14.1. The lowest BCUT2D eigenvalue weighted by molar-refractivity contribution is 0.0600. The van der Waals surface area contributed by atoms with Crippen LogP contribution in [0.15, 0.2) is 47.1 Å². The number of nitrogens with zero attached hydrogens (tertiary/aromatic N) is 2. The van der Waals surface area contributed by atoms with Gasteiger partial charge in [-0.25, -0.2) is 9.59 Å². The number of piperazine rings is 1. The summed E-state index contributed by atoms with van der Waals surface area (Å²) < 4.78 is 10.0. The molecule has 0 unspecified atom stereocenters. The van der Waals surface area contributed by atoms with Gasteiger partial charge >= 0.3 is 12.0 Å². The van der Waals surface area contributed by atoms with Crippen LogP contribution in [0.3, 0.4) is 0 Å². The van der Waals surface area contributed by atoms with Crippen molar-refractivity contribution in [3.8, 4) is 0 Å². The summed E-state index contributed by atoms with van der Waals surface area (Å²) in [4.78, 5) is 27.8. The Balaban J connectivity index is 1.48. The van der Waals surface area contributed by atoms with E-state index in [1.165, 1.54) is 7.11 Å². The van der Waals surface area contributed by atoms with Crippen LogP contribution < -0.4 is 5.32 Å². The Morgan fingerprint density at radius 2 is 1.84 bits per heavy atom. The number of hydrogen-bond acceptors (Lipinski definition) is 5. The standard InChI is InChI=1S/C18H21N3O4/c1-24-17(22)14-4-6-15(7-5-14)19-18(23)21-10-8-20(9-11-21)13-16-3-2-12-25-16/h2-7,12H,8-11,13H2,1H3,(H,19,23). The second-order valence-electron chi connectivity index (χ2n) is 5.84. The van der Waals surface area contributed by atoms with Crippen LogP contribution in [-0.2, 0) is 11.3 Å². The van der Waals surface area contributed by atoms with E-state index in [0.29, 0.717) is 24.3 Å². The lowest BCUT2D eigenvalue weighted by Gasteiger charge is -2.34. The van der Waals surface area contributed by atoms with E-state index in [4.69, 9.17) is 4.42 Å². The monoisotopic (exact) mass is 343 g/mol. The van der Waals surface area contributed by atoms with Crippen molar-refractivity contribution in [1.82, 2.24) is 9.80 Å². The summed E-state index contributed by atoms with van der Waals surface area (Å²) in [6, 6.07) is 10.3. The van der Waals surface area contributed by atoms with E-state index < -0.39 is 5.97 Å². The molecule has 1 saturated heterocycles. The smallest absolute Gasteiger partial charge is 0.337 e. The van der Waals surface area contributed by atoms with Crippen LogP contribution in [0.4, 0.5) is 10.5 Å². The predicted octanol–water partition coefficient (Wildman–Crippen LogP) is 2.42. The molecule has 1 N–H and O–H groups in total. The SMILES string of the molecule is COC(=O)c1ccc(NC(=O)N2CCN(Cc3ccco3)CC2)cc1. The molecule has 1 aliphatic heterocycles. The molecule has 0 atom stereocenters. The Bertz CT molecular complexity index is 704. The molecule has 0 radical (unpaired) electrons. The Kier molecular flexibility index (Phi) is 5.35. The summed E-state index contributed by atoms with van der Waals surface area (Å²) in [5.74, 6) is 0.536. The van der Waals surface area contributed by atoms with Gasteiger partial charge in [-0.1, -0.05) is 0 Å². The number of hydrogen-bond donors (Lipinski definition) is 1. The van der Waals surface area contributed by atoms with Gasteiger partial charge in [0.15, 0.2) is 0 Å². The number of furan rings is 1. The lowest BCUT2D eigenvalue weighted by atomic mass is 10.2. The number of ether oxygens (including phenoxy) is 1. The van der Waals surface area contributed by atoms with Crippen molar-refractivity contribution in [2.24, 2.45) is 0 Å². The number of esters is 1. The zero-order valence-corrected chi connectivity index (χ0v) is 14.1. The highest BCUT2D eigenvalue weighted by molar-refractivity contribution is 5.92. The second-order valence-corrected chi connectivity index (χ2v) is 5.84. The number of nitrogens with one attached hydrogen (secondary N) is 1. The summed E-state index contributed by atoms with van der Waals surface area (Å²) in [6.45, 7) is 3.68. The number of benzene rings is 1. The van der Waals surface area contributed by atoms with Gasteiger partial charge in [0.25, 0.3) is 0 Å². The molecule has 2 heterocycles. The Morgan fingerprint density at radius 3 is 2.44 bits per heavy atom. The van der Waals surface area contributed by atoms with Crippen molar-refractivity contribution in [2.45, 2.75) is 6.54 Å². The number of urea groups is 1. The van der Waals surface area contributed by atoms with Crippen molar-refractivity contribution in [3.05, 3.63) is 54.0 Å². The van der Waals surface area contributed by atoms with Gasteiger partial charge in [0, 0.05) is 31.9 Å². The van der Waals surface area contributed by atoms with Gasteiger partial charge in [-0.05, 0) is 36.4 Å². The van der Waals surface area contributed by atoms with E-state index in [-0.39, 0.29) is 6.03 Å². The maximum Gasteiger partial charge on any atom is 0.337 e. The molecule has 2 aromatic rings. The molecule has 0 saturated carbocycles. The first-order valence-corrected chi connectivity index (χ1v) is 8.15. The van der Waals surface area contributed by atoms with Crippen LogP contribution >= 0.6 is 0 Å². The largest absolute Gasteiger partial charge is 0.468 e. The van der Waals surface area contributed by atoms with Crippen LogP contribution in [-0.4, -0.2) is 55.1 Å². The summed E-state index contributed by atoms with van der Waals surface area (Å²) in [7, 11) is 1.34. The van der Waals surface area contributed by atoms with Gasteiger partial charge in [-0.3, -0.25) is 4.90 Å². The average molecular weight is 343 g/mol. The third-order valence-corrected chi connectivity index (χ3v) is 4.18. The molecule has 0 spiro atoms.